The SMILES string of the molecule is CCCCNc1ccc(C2CCCN2C(=O)c2ccccc2)cn1. The number of nitrogens with one attached hydrogen (secondary N) is 1. The highest BCUT2D eigenvalue weighted by Crippen LogP contribution is 2.33. The fraction of sp³-hybridized carbons (Fsp3) is 0.400. The predicted molar refractivity (Wildman–Crippen MR) is 97.1 cm³/mol. The third-order valence-corrected chi connectivity index (χ3v) is 4.54. The number of benzene rings is 1. The summed E-state index contributed by atoms with van der Waals surface area (Å²) in [5.74, 6) is 1.02. The van der Waals surface area contributed by atoms with Gasteiger partial charge in [0.2, 0.25) is 0 Å². The molecule has 0 saturated carbocycles. The summed E-state index contributed by atoms with van der Waals surface area (Å²) in [5, 5.41) is 3.33. The maximum Gasteiger partial charge on any atom is 0.254 e. The number of aromatic nitrogens is 1. The van der Waals surface area contributed by atoms with Gasteiger partial charge < -0.3 is 10.2 Å². The van der Waals surface area contributed by atoms with Crippen LogP contribution in [0.25, 0.3) is 0 Å². The van der Waals surface area contributed by atoms with E-state index in [9.17, 15) is 4.79 Å². The summed E-state index contributed by atoms with van der Waals surface area (Å²) < 4.78 is 0. The molecule has 0 aliphatic carbocycles. The van der Waals surface area contributed by atoms with Crippen molar-refractivity contribution in [2.45, 2.75) is 38.6 Å². The molecule has 0 spiro atoms. The van der Waals surface area contributed by atoms with Gasteiger partial charge in [-0.2, -0.15) is 0 Å². The minimum absolute atomic E-state index is 0.114. The van der Waals surface area contributed by atoms with Crippen LogP contribution in [0.4, 0.5) is 5.82 Å². The quantitative estimate of drug-likeness (QED) is 0.807. The minimum atomic E-state index is 0.114. The van der Waals surface area contributed by atoms with E-state index < -0.39 is 0 Å². The summed E-state index contributed by atoms with van der Waals surface area (Å²) in [5.41, 5.74) is 1.88. The number of carbonyl (C=O) groups is 1. The summed E-state index contributed by atoms with van der Waals surface area (Å²) in [6.45, 7) is 3.94. The lowest BCUT2D eigenvalue weighted by atomic mass is 10.1. The molecular formula is C20H25N3O. The first kappa shape index (κ1) is 16.5. The van der Waals surface area contributed by atoms with E-state index in [1.165, 1.54) is 6.42 Å². The van der Waals surface area contributed by atoms with Crippen molar-refractivity contribution in [2.24, 2.45) is 0 Å². The largest absolute Gasteiger partial charge is 0.370 e. The van der Waals surface area contributed by atoms with Gasteiger partial charge in [-0.15, -0.1) is 0 Å². The van der Waals surface area contributed by atoms with Gasteiger partial charge in [0.05, 0.1) is 6.04 Å². The maximum absolute atomic E-state index is 12.8. The van der Waals surface area contributed by atoms with Gasteiger partial charge in [-0.25, -0.2) is 4.98 Å². The second-order valence-corrected chi connectivity index (χ2v) is 6.28. The van der Waals surface area contributed by atoms with Gasteiger partial charge in [0, 0.05) is 24.8 Å². The van der Waals surface area contributed by atoms with Crippen molar-refractivity contribution in [3.8, 4) is 0 Å². The predicted octanol–water partition coefficient (Wildman–Crippen LogP) is 4.27. The van der Waals surface area contributed by atoms with Gasteiger partial charge >= 0.3 is 0 Å². The number of carbonyl (C=O) groups excluding carboxylic acids is 1. The summed E-state index contributed by atoms with van der Waals surface area (Å²) in [6, 6.07) is 13.8. The summed E-state index contributed by atoms with van der Waals surface area (Å²) in [6.07, 6.45) is 6.27. The van der Waals surface area contributed by atoms with E-state index >= 15 is 0 Å². The Hall–Kier alpha value is -2.36. The van der Waals surface area contributed by atoms with E-state index in [-0.39, 0.29) is 11.9 Å². The van der Waals surface area contributed by atoms with Crippen molar-refractivity contribution < 1.29 is 4.79 Å². The van der Waals surface area contributed by atoms with Crippen molar-refractivity contribution >= 4 is 11.7 Å². The molecule has 4 nitrogen and oxygen atoms in total. The lowest BCUT2D eigenvalue weighted by molar-refractivity contribution is 0.0735. The van der Waals surface area contributed by atoms with E-state index in [4.69, 9.17) is 0 Å². The molecule has 126 valence electrons. The van der Waals surface area contributed by atoms with Crippen LogP contribution in [0.2, 0.25) is 0 Å². The number of pyridine rings is 1. The second kappa shape index (κ2) is 7.95. The smallest absolute Gasteiger partial charge is 0.254 e. The van der Waals surface area contributed by atoms with E-state index in [0.717, 1.165) is 49.3 Å². The number of hydrogen-bond donors (Lipinski definition) is 1. The molecule has 1 amide bonds. The van der Waals surface area contributed by atoms with Gasteiger partial charge in [-0.3, -0.25) is 4.79 Å². The Morgan fingerprint density at radius 1 is 1.25 bits per heavy atom. The van der Waals surface area contributed by atoms with E-state index in [0.29, 0.717) is 0 Å². The molecule has 24 heavy (non-hydrogen) atoms. The lowest BCUT2D eigenvalue weighted by Gasteiger charge is -2.25. The first-order valence-corrected chi connectivity index (χ1v) is 8.85. The highest BCUT2D eigenvalue weighted by Gasteiger charge is 2.30. The molecule has 0 radical (unpaired) electrons. The number of nitrogens with zero attached hydrogens (tertiary/aromatic N) is 2. The third-order valence-electron chi connectivity index (χ3n) is 4.54. The highest BCUT2D eigenvalue weighted by molar-refractivity contribution is 5.94. The van der Waals surface area contributed by atoms with Crippen LogP contribution in [0.5, 0.6) is 0 Å². The molecule has 3 rings (SSSR count). The molecule has 1 aromatic carbocycles. The topological polar surface area (TPSA) is 45.2 Å². The van der Waals surface area contributed by atoms with Crippen LogP contribution in [0, 0.1) is 0 Å². The van der Waals surface area contributed by atoms with Crippen LogP contribution in [-0.4, -0.2) is 28.9 Å². The Morgan fingerprint density at radius 2 is 2.08 bits per heavy atom. The third kappa shape index (κ3) is 3.75. The van der Waals surface area contributed by atoms with E-state index in [1.807, 2.05) is 47.5 Å². The molecule has 1 unspecified atom stereocenters. The molecule has 1 N–H and O–H groups in total. The van der Waals surface area contributed by atoms with Gasteiger partial charge in [0.1, 0.15) is 5.82 Å². The molecule has 2 heterocycles. The maximum atomic E-state index is 12.8. The molecular weight excluding hydrogens is 298 g/mol. The van der Waals surface area contributed by atoms with Crippen LogP contribution in [0.1, 0.15) is 54.6 Å². The van der Waals surface area contributed by atoms with Gasteiger partial charge in [0.25, 0.3) is 5.91 Å². The Bertz CT molecular complexity index is 654. The number of anilines is 1. The molecule has 1 aliphatic heterocycles. The van der Waals surface area contributed by atoms with Crippen LogP contribution in [0.3, 0.4) is 0 Å². The molecule has 1 saturated heterocycles. The van der Waals surface area contributed by atoms with Crippen LogP contribution < -0.4 is 5.32 Å². The van der Waals surface area contributed by atoms with Crippen molar-refractivity contribution in [3.63, 3.8) is 0 Å². The normalized spacial score (nSPS) is 17.0. The molecule has 1 aliphatic rings. The summed E-state index contributed by atoms with van der Waals surface area (Å²) in [4.78, 5) is 19.3. The Labute approximate surface area is 143 Å². The second-order valence-electron chi connectivity index (χ2n) is 6.28. The fourth-order valence-electron chi connectivity index (χ4n) is 3.20. The number of amides is 1. The first-order chi connectivity index (χ1) is 11.8. The summed E-state index contributed by atoms with van der Waals surface area (Å²) >= 11 is 0. The molecule has 2 aromatic rings. The molecule has 1 atom stereocenters. The van der Waals surface area contributed by atoms with Crippen molar-refractivity contribution in [3.05, 3.63) is 59.8 Å². The Balaban J connectivity index is 1.70. The molecule has 0 bridgehead atoms. The zero-order chi connectivity index (χ0) is 16.8. The van der Waals surface area contributed by atoms with Gasteiger partial charge in [-0.05, 0) is 43.0 Å². The van der Waals surface area contributed by atoms with Crippen molar-refractivity contribution in [2.75, 3.05) is 18.4 Å². The average molecular weight is 323 g/mol. The zero-order valence-electron chi connectivity index (χ0n) is 14.2. The molecule has 1 aromatic heterocycles. The molecule has 1 fully saturated rings. The number of rotatable bonds is 6. The zero-order valence-corrected chi connectivity index (χ0v) is 14.2. The number of likely N-dealkylation sites (tertiary alicyclic amines) is 1. The highest BCUT2D eigenvalue weighted by atomic mass is 16.2. The molecule has 4 heteroatoms. The summed E-state index contributed by atoms with van der Waals surface area (Å²) in [7, 11) is 0. The first-order valence-electron chi connectivity index (χ1n) is 8.85. The van der Waals surface area contributed by atoms with Gasteiger partial charge in [0.15, 0.2) is 0 Å². The van der Waals surface area contributed by atoms with Gasteiger partial charge in [-0.1, -0.05) is 37.6 Å². The lowest BCUT2D eigenvalue weighted by Crippen LogP contribution is -2.30. The Morgan fingerprint density at radius 3 is 2.79 bits per heavy atom. The fourth-order valence-corrected chi connectivity index (χ4v) is 3.20. The van der Waals surface area contributed by atoms with Crippen molar-refractivity contribution in [1.29, 1.82) is 0 Å². The number of unbranched alkanes of at least 4 members (excludes halogenated alkanes) is 1. The van der Waals surface area contributed by atoms with Crippen molar-refractivity contribution in [1.82, 2.24) is 9.88 Å². The standard InChI is InChI=1S/C20H25N3O/c1-2-3-13-21-19-12-11-17(15-22-19)18-10-7-14-23(18)20(24)16-8-5-4-6-9-16/h4-6,8-9,11-12,15,18H,2-3,7,10,13-14H2,1H3,(H,21,22). The van der Waals surface area contributed by atoms with Crippen LogP contribution in [0.15, 0.2) is 48.7 Å². The van der Waals surface area contributed by atoms with Crippen LogP contribution in [-0.2, 0) is 0 Å². The van der Waals surface area contributed by atoms with E-state index in [2.05, 4.69) is 23.3 Å². The number of hydrogen-bond acceptors (Lipinski definition) is 3. The van der Waals surface area contributed by atoms with E-state index in [1.54, 1.807) is 0 Å². The van der Waals surface area contributed by atoms with Crippen LogP contribution >= 0.6 is 0 Å². The monoisotopic (exact) mass is 323 g/mol. The Kier molecular flexibility index (Phi) is 5.47. The minimum Gasteiger partial charge on any atom is -0.370 e. The average Bonchev–Trinajstić information content (AvgIpc) is 3.12.